The molecule has 5 heteroatoms. The Bertz CT molecular complexity index is 762. The van der Waals surface area contributed by atoms with Gasteiger partial charge in [0.1, 0.15) is 0 Å². The smallest absolute Gasteiger partial charge is 0.223 e. The minimum Gasteiger partial charge on any atom is -0.336 e. The first-order valence-corrected chi connectivity index (χ1v) is 11.4. The normalized spacial score (nSPS) is 32.5. The predicted octanol–water partition coefficient (Wildman–Crippen LogP) is 3.38. The van der Waals surface area contributed by atoms with E-state index < -0.39 is 0 Å². The molecule has 1 amide bonds. The maximum atomic E-state index is 13.3. The molecule has 3 saturated heterocycles. The molecule has 4 atom stereocenters. The molecule has 2 unspecified atom stereocenters. The predicted molar refractivity (Wildman–Crippen MR) is 110 cm³/mol. The Morgan fingerprint density at radius 3 is 2.96 bits per heavy atom. The SMILES string of the molecule is Cc1n[nH]c(C)c1CCC(=O)N1CCCC2=C[C@H]3C[C@@H](CN4CCCCC34)C21. The second-order valence-electron chi connectivity index (χ2n) is 9.51. The van der Waals surface area contributed by atoms with Gasteiger partial charge in [0.25, 0.3) is 0 Å². The third-order valence-corrected chi connectivity index (χ3v) is 7.85. The number of nitrogens with zero attached hydrogens (tertiary/aromatic N) is 3. The van der Waals surface area contributed by atoms with Crippen molar-refractivity contribution in [2.45, 2.75) is 77.3 Å². The van der Waals surface area contributed by atoms with Crippen LogP contribution in [0.25, 0.3) is 0 Å². The molecule has 2 bridgehead atoms. The van der Waals surface area contributed by atoms with Crippen molar-refractivity contribution in [3.8, 4) is 0 Å². The van der Waals surface area contributed by atoms with Gasteiger partial charge < -0.3 is 4.90 Å². The highest BCUT2D eigenvalue weighted by Crippen LogP contribution is 2.45. The Morgan fingerprint density at radius 2 is 2.14 bits per heavy atom. The van der Waals surface area contributed by atoms with E-state index in [1.54, 1.807) is 5.57 Å². The highest BCUT2D eigenvalue weighted by molar-refractivity contribution is 5.77. The fraction of sp³-hybridized carbons (Fsp3) is 0.739. The van der Waals surface area contributed by atoms with Crippen LogP contribution in [0, 0.1) is 25.7 Å². The van der Waals surface area contributed by atoms with E-state index >= 15 is 0 Å². The minimum atomic E-state index is 0.342. The second kappa shape index (κ2) is 7.33. The lowest BCUT2D eigenvalue weighted by Gasteiger charge is -2.54. The number of hydrogen-bond donors (Lipinski definition) is 1. The first-order valence-electron chi connectivity index (χ1n) is 11.4. The van der Waals surface area contributed by atoms with Crippen LogP contribution in [0.5, 0.6) is 0 Å². The summed E-state index contributed by atoms with van der Waals surface area (Å²) in [7, 11) is 0. The zero-order chi connectivity index (χ0) is 19.3. The van der Waals surface area contributed by atoms with Crippen molar-refractivity contribution in [3.63, 3.8) is 0 Å². The average molecular weight is 383 g/mol. The van der Waals surface area contributed by atoms with Gasteiger partial charge >= 0.3 is 0 Å². The third-order valence-electron chi connectivity index (χ3n) is 7.85. The number of piperidine rings is 3. The fourth-order valence-electron chi connectivity index (χ4n) is 6.57. The number of fused-ring (bicyclic) bond motifs is 6. The van der Waals surface area contributed by atoms with Crippen LogP contribution in [0.15, 0.2) is 11.6 Å². The number of H-pyrrole nitrogens is 1. The zero-order valence-electron chi connectivity index (χ0n) is 17.4. The van der Waals surface area contributed by atoms with Gasteiger partial charge in [0.05, 0.1) is 11.7 Å². The Morgan fingerprint density at radius 1 is 1.25 bits per heavy atom. The van der Waals surface area contributed by atoms with Crippen molar-refractivity contribution in [1.29, 1.82) is 0 Å². The molecule has 0 saturated carbocycles. The van der Waals surface area contributed by atoms with Crippen molar-refractivity contribution < 1.29 is 4.79 Å². The topological polar surface area (TPSA) is 52.2 Å². The fourth-order valence-corrected chi connectivity index (χ4v) is 6.57. The van der Waals surface area contributed by atoms with Gasteiger partial charge in [0.2, 0.25) is 5.91 Å². The molecule has 5 rings (SSSR count). The van der Waals surface area contributed by atoms with E-state index in [-0.39, 0.29) is 0 Å². The number of likely N-dealkylation sites (tertiary alicyclic amines) is 1. The first kappa shape index (κ1) is 18.4. The van der Waals surface area contributed by atoms with Crippen LogP contribution < -0.4 is 0 Å². The summed E-state index contributed by atoms with van der Waals surface area (Å²) < 4.78 is 0. The van der Waals surface area contributed by atoms with Crippen LogP contribution >= 0.6 is 0 Å². The summed E-state index contributed by atoms with van der Waals surface area (Å²) in [5.41, 5.74) is 4.95. The van der Waals surface area contributed by atoms with Crippen molar-refractivity contribution in [1.82, 2.24) is 20.0 Å². The van der Waals surface area contributed by atoms with Gasteiger partial charge in [-0.3, -0.25) is 14.8 Å². The Kier molecular flexibility index (Phi) is 4.82. The van der Waals surface area contributed by atoms with Gasteiger partial charge in [-0.05, 0) is 76.3 Å². The van der Waals surface area contributed by atoms with Crippen LogP contribution in [-0.2, 0) is 11.2 Å². The van der Waals surface area contributed by atoms with Crippen LogP contribution in [-0.4, -0.2) is 57.6 Å². The number of aromatic nitrogens is 2. The van der Waals surface area contributed by atoms with Crippen molar-refractivity contribution in [3.05, 3.63) is 28.6 Å². The molecule has 0 spiro atoms. The molecule has 1 aliphatic carbocycles. The lowest BCUT2D eigenvalue weighted by Crippen LogP contribution is -2.60. The average Bonchev–Trinajstić information content (AvgIpc) is 3.03. The molecule has 0 aromatic carbocycles. The van der Waals surface area contributed by atoms with Crippen LogP contribution in [0.2, 0.25) is 0 Å². The van der Waals surface area contributed by atoms with E-state index in [0.717, 1.165) is 42.7 Å². The number of aromatic amines is 1. The number of hydrogen-bond acceptors (Lipinski definition) is 3. The Balaban J connectivity index is 1.33. The summed E-state index contributed by atoms with van der Waals surface area (Å²) in [5.74, 6) is 1.72. The molecule has 3 aliphatic heterocycles. The molecular formula is C23H34N4O. The van der Waals surface area contributed by atoms with E-state index in [1.807, 2.05) is 6.92 Å². The standard InChI is InChI=1S/C23H34N4O/c1-15-20(16(2)25-24-15)8-9-22(28)27-11-5-6-17-12-18-13-19(23(17)27)14-26-10-4-3-7-21(18)26/h12,18-19,21,23H,3-11,13-14H2,1-2H3,(H,24,25)/t18-,19-,21?,23?/m0/s1. The van der Waals surface area contributed by atoms with Crippen LogP contribution in [0.3, 0.4) is 0 Å². The maximum absolute atomic E-state index is 13.3. The second-order valence-corrected chi connectivity index (χ2v) is 9.51. The van der Waals surface area contributed by atoms with Crippen LogP contribution in [0.1, 0.15) is 61.9 Å². The third kappa shape index (κ3) is 3.12. The molecule has 3 fully saturated rings. The quantitative estimate of drug-likeness (QED) is 0.816. The lowest BCUT2D eigenvalue weighted by molar-refractivity contribution is -0.136. The van der Waals surface area contributed by atoms with E-state index in [0.29, 0.717) is 24.3 Å². The summed E-state index contributed by atoms with van der Waals surface area (Å²) in [5, 5.41) is 7.34. The number of aryl methyl sites for hydroxylation is 2. The molecule has 5 nitrogen and oxygen atoms in total. The van der Waals surface area contributed by atoms with E-state index in [1.165, 1.54) is 50.8 Å². The van der Waals surface area contributed by atoms with Crippen molar-refractivity contribution >= 4 is 5.91 Å². The van der Waals surface area contributed by atoms with E-state index in [2.05, 4.69) is 33.0 Å². The summed E-state index contributed by atoms with van der Waals surface area (Å²) in [4.78, 5) is 18.3. The molecule has 0 radical (unpaired) electrons. The number of rotatable bonds is 3. The van der Waals surface area contributed by atoms with Crippen molar-refractivity contribution in [2.75, 3.05) is 19.6 Å². The number of amides is 1. The molecule has 1 aromatic heterocycles. The Hall–Kier alpha value is -1.62. The van der Waals surface area contributed by atoms with Gasteiger partial charge in [0.15, 0.2) is 0 Å². The Labute approximate surface area is 168 Å². The lowest BCUT2D eigenvalue weighted by atomic mass is 9.68. The van der Waals surface area contributed by atoms with Gasteiger partial charge in [-0.15, -0.1) is 0 Å². The molecule has 152 valence electrons. The summed E-state index contributed by atoms with van der Waals surface area (Å²) in [6.45, 7) is 7.49. The van der Waals surface area contributed by atoms with Gasteiger partial charge in [0, 0.05) is 31.2 Å². The number of nitrogens with one attached hydrogen (secondary N) is 1. The summed E-state index contributed by atoms with van der Waals surface area (Å²) in [6, 6.07) is 1.14. The molecule has 4 aliphatic rings. The molecule has 28 heavy (non-hydrogen) atoms. The molecular weight excluding hydrogens is 348 g/mol. The molecule has 1 aromatic rings. The highest BCUT2D eigenvalue weighted by Gasteiger charge is 2.46. The number of carbonyl (C=O) groups excluding carboxylic acids is 1. The van der Waals surface area contributed by atoms with Crippen molar-refractivity contribution in [2.24, 2.45) is 11.8 Å². The monoisotopic (exact) mass is 382 g/mol. The zero-order valence-corrected chi connectivity index (χ0v) is 17.4. The minimum absolute atomic E-state index is 0.342. The first-order chi connectivity index (χ1) is 13.6. The molecule has 1 N–H and O–H groups in total. The van der Waals surface area contributed by atoms with Gasteiger partial charge in [-0.2, -0.15) is 5.10 Å². The largest absolute Gasteiger partial charge is 0.336 e. The van der Waals surface area contributed by atoms with Gasteiger partial charge in [-0.25, -0.2) is 0 Å². The number of carbonyl (C=O) groups is 1. The molecule has 4 heterocycles. The highest BCUT2D eigenvalue weighted by atomic mass is 16.2. The van der Waals surface area contributed by atoms with E-state index in [9.17, 15) is 4.79 Å². The maximum Gasteiger partial charge on any atom is 0.223 e. The van der Waals surface area contributed by atoms with Gasteiger partial charge in [-0.1, -0.05) is 18.1 Å². The van der Waals surface area contributed by atoms with Crippen LogP contribution in [0.4, 0.5) is 0 Å². The van der Waals surface area contributed by atoms with E-state index in [4.69, 9.17) is 0 Å². The summed E-state index contributed by atoms with van der Waals surface area (Å²) >= 11 is 0. The summed E-state index contributed by atoms with van der Waals surface area (Å²) in [6.07, 6.45) is 11.8.